The van der Waals surface area contributed by atoms with Crippen molar-refractivity contribution >= 4 is 17.8 Å². The molecule has 1 aliphatic carbocycles. The summed E-state index contributed by atoms with van der Waals surface area (Å²) >= 11 is 0. The Hall–Kier alpha value is -1.59. The summed E-state index contributed by atoms with van der Waals surface area (Å²) in [6.07, 6.45) is 8.44. The van der Waals surface area contributed by atoms with Crippen LogP contribution in [0.4, 0.5) is 0 Å². The molecule has 2 rings (SSSR count). The summed E-state index contributed by atoms with van der Waals surface area (Å²) in [5.41, 5.74) is 0. The van der Waals surface area contributed by atoms with Crippen LogP contribution in [0.15, 0.2) is 0 Å². The molecule has 0 bridgehead atoms. The number of nitrogens with zero attached hydrogens (tertiary/aromatic N) is 1. The fraction of sp³-hybridized carbons (Fsp3) is 0.812. The smallest absolute Gasteiger partial charge is 0.326 e. The van der Waals surface area contributed by atoms with Crippen molar-refractivity contribution in [3.8, 4) is 0 Å². The Morgan fingerprint density at radius 1 is 1.05 bits per heavy atom. The summed E-state index contributed by atoms with van der Waals surface area (Å²) in [5.74, 6) is -0.703. The largest absolute Gasteiger partial charge is 0.480 e. The number of carboxylic acid groups (broad SMARTS) is 1. The van der Waals surface area contributed by atoms with Crippen molar-refractivity contribution in [3.63, 3.8) is 0 Å². The lowest BCUT2D eigenvalue weighted by atomic mass is 10.0. The van der Waals surface area contributed by atoms with Gasteiger partial charge in [-0.25, -0.2) is 4.79 Å². The van der Waals surface area contributed by atoms with Crippen LogP contribution in [0.1, 0.15) is 57.8 Å². The number of carboxylic acids is 1. The zero-order valence-corrected chi connectivity index (χ0v) is 13.1. The van der Waals surface area contributed by atoms with E-state index >= 15 is 0 Å². The summed E-state index contributed by atoms with van der Waals surface area (Å²) < 4.78 is 0. The molecule has 1 unspecified atom stereocenters. The van der Waals surface area contributed by atoms with Gasteiger partial charge in [0.05, 0.1) is 6.54 Å². The summed E-state index contributed by atoms with van der Waals surface area (Å²) in [5, 5.41) is 11.8. The van der Waals surface area contributed by atoms with E-state index in [2.05, 4.69) is 5.32 Å². The summed E-state index contributed by atoms with van der Waals surface area (Å²) in [4.78, 5) is 36.5. The first kappa shape index (κ1) is 16.8. The molecule has 0 aromatic heterocycles. The zero-order valence-electron chi connectivity index (χ0n) is 13.1. The molecule has 0 radical (unpaired) electrons. The number of hydrogen-bond acceptors (Lipinski definition) is 3. The minimum atomic E-state index is -0.958. The van der Waals surface area contributed by atoms with Crippen molar-refractivity contribution in [3.05, 3.63) is 0 Å². The third kappa shape index (κ3) is 4.71. The standard InChI is InChI=1S/C16H26N2O4/c19-14(9-8-12-5-1-2-6-12)17-11-15(20)18-10-4-3-7-13(18)16(21)22/h12-13H,1-11H2,(H,17,19)(H,21,22). The van der Waals surface area contributed by atoms with Crippen molar-refractivity contribution in [2.45, 2.75) is 63.8 Å². The maximum Gasteiger partial charge on any atom is 0.326 e. The highest BCUT2D eigenvalue weighted by molar-refractivity contribution is 5.88. The lowest BCUT2D eigenvalue weighted by Gasteiger charge is -2.33. The summed E-state index contributed by atoms with van der Waals surface area (Å²) in [7, 11) is 0. The molecule has 1 atom stereocenters. The summed E-state index contributed by atoms with van der Waals surface area (Å²) in [6.45, 7) is 0.376. The average molecular weight is 310 g/mol. The Morgan fingerprint density at radius 3 is 2.41 bits per heavy atom. The second-order valence-electron chi connectivity index (χ2n) is 6.40. The van der Waals surface area contributed by atoms with Crippen LogP contribution >= 0.6 is 0 Å². The van der Waals surface area contributed by atoms with Gasteiger partial charge in [-0.15, -0.1) is 0 Å². The van der Waals surface area contributed by atoms with E-state index in [-0.39, 0.29) is 18.4 Å². The van der Waals surface area contributed by atoms with Gasteiger partial charge in [-0.1, -0.05) is 25.7 Å². The van der Waals surface area contributed by atoms with Crippen LogP contribution in [-0.2, 0) is 14.4 Å². The molecule has 6 nitrogen and oxygen atoms in total. The van der Waals surface area contributed by atoms with E-state index in [9.17, 15) is 14.4 Å². The fourth-order valence-electron chi connectivity index (χ4n) is 3.49. The minimum absolute atomic E-state index is 0.0900. The molecule has 6 heteroatoms. The van der Waals surface area contributed by atoms with Crippen molar-refractivity contribution in [1.29, 1.82) is 0 Å². The number of carbonyl (C=O) groups excluding carboxylic acids is 2. The Morgan fingerprint density at radius 2 is 1.73 bits per heavy atom. The number of rotatable bonds is 6. The highest BCUT2D eigenvalue weighted by Gasteiger charge is 2.31. The average Bonchev–Trinajstić information content (AvgIpc) is 3.04. The van der Waals surface area contributed by atoms with Gasteiger partial charge < -0.3 is 15.3 Å². The fourth-order valence-corrected chi connectivity index (χ4v) is 3.49. The maximum absolute atomic E-state index is 12.1. The van der Waals surface area contributed by atoms with Crippen LogP contribution in [-0.4, -0.2) is 46.9 Å². The van der Waals surface area contributed by atoms with Crippen molar-refractivity contribution in [1.82, 2.24) is 10.2 Å². The van der Waals surface area contributed by atoms with Crippen molar-refractivity contribution < 1.29 is 19.5 Å². The quantitative estimate of drug-likeness (QED) is 0.779. The molecule has 2 N–H and O–H groups in total. The molecule has 1 saturated carbocycles. The Balaban J connectivity index is 1.71. The van der Waals surface area contributed by atoms with E-state index in [4.69, 9.17) is 5.11 Å². The predicted molar refractivity (Wildman–Crippen MR) is 81.2 cm³/mol. The van der Waals surface area contributed by atoms with Gasteiger partial charge >= 0.3 is 5.97 Å². The molecular weight excluding hydrogens is 284 g/mol. The second-order valence-corrected chi connectivity index (χ2v) is 6.40. The number of amides is 2. The number of carbonyl (C=O) groups is 3. The van der Waals surface area contributed by atoms with Crippen LogP contribution in [0.3, 0.4) is 0 Å². The van der Waals surface area contributed by atoms with Crippen LogP contribution < -0.4 is 5.32 Å². The van der Waals surface area contributed by atoms with Gasteiger partial charge in [0.15, 0.2) is 0 Å². The van der Waals surface area contributed by atoms with E-state index in [1.165, 1.54) is 30.6 Å². The molecule has 2 fully saturated rings. The van der Waals surface area contributed by atoms with Gasteiger partial charge in [0.25, 0.3) is 0 Å². The van der Waals surface area contributed by atoms with E-state index < -0.39 is 12.0 Å². The zero-order chi connectivity index (χ0) is 15.9. The maximum atomic E-state index is 12.1. The highest BCUT2D eigenvalue weighted by atomic mass is 16.4. The summed E-state index contributed by atoms with van der Waals surface area (Å²) in [6, 6.07) is -0.739. The molecule has 1 heterocycles. The normalized spacial score (nSPS) is 22.5. The second kappa shape index (κ2) is 8.15. The van der Waals surface area contributed by atoms with E-state index in [1.54, 1.807) is 0 Å². The lowest BCUT2D eigenvalue weighted by Crippen LogP contribution is -2.51. The van der Waals surface area contributed by atoms with E-state index in [1.807, 2.05) is 0 Å². The van der Waals surface area contributed by atoms with E-state index in [0.717, 1.165) is 19.3 Å². The molecule has 124 valence electrons. The topological polar surface area (TPSA) is 86.7 Å². The van der Waals surface area contributed by atoms with Gasteiger partial charge in [-0.3, -0.25) is 9.59 Å². The molecule has 2 aliphatic rings. The van der Waals surface area contributed by atoms with Gasteiger partial charge in [-0.05, 0) is 31.6 Å². The first-order chi connectivity index (χ1) is 10.6. The number of aliphatic carboxylic acids is 1. The Bertz CT molecular complexity index is 418. The number of likely N-dealkylation sites (tertiary alicyclic amines) is 1. The lowest BCUT2D eigenvalue weighted by molar-refractivity contribution is -0.151. The van der Waals surface area contributed by atoms with E-state index in [0.29, 0.717) is 25.3 Å². The number of hydrogen-bond donors (Lipinski definition) is 2. The monoisotopic (exact) mass is 310 g/mol. The van der Waals surface area contributed by atoms with Gasteiger partial charge in [0, 0.05) is 13.0 Å². The third-order valence-electron chi connectivity index (χ3n) is 4.80. The molecule has 0 aromatic carbocycles. The van der Waals surface area contributed by atoms with Crippen LogP contribution in [0.2, 0.25) is 0 Å². The number of nitrogens with one attached hydrogen (secondary N) is 1. The molecule has 22 heavy (non-hydrogen) atoms. The molecule has 0 aromatic rings. The number of piperidine rings is 1. The third-order valence-corrected chi connectivity index (χ3v) is 4.80. The van der Waals surface area contributed by atoms with Crippen LogP contribution in [0.5, 0.6) is 0 Å². The van der Waals surface area contributed by atoms with Crippen LogP contribution in [0.25, 0.3) is 0 Å². The minimum Gasteiger partial charge on any atom is -0.480 e. The SMILES string of the molecule is O=C(CCC1CCCC1)NCC(=O)N1CCCCC1C(=O)O. The van der Waals surface area contributed by atoms with Crippen molar-refractivity contribution in [2.75, 3.05) is 13.1 Å². The molecule has 1 saturated heterocycles. The van der Waals surface area contributed by atoms with Gasteiger partial charge in [0.2, 0.25) is 11.8 Å². The molecular formula is C16H26N2O4. The first-order valence-electron chi connectivity index (χ1n) is 8.37. The molecule has 2 amide bonds. The van der Waals surface area contributed by atoms with Crippen LogP contribution in [0, 0.1) is 5.92 Å². The first-order valence-corrected chi connectivity index (χ1v) is 8.37. The molecule has 1 aliphatic heterocycles. The molecule has 0 spiro atoms. The van der Waals surface area contributed by atoms with Gasteiger partial charge in [-0.2, -0.15) is 0 Å². The highest BCUT2D eigenvalue weighted by Crippen LogP contribution is 2.28. The Kier molecular flexibility index (Phi) is 6.21. The van der Waals surface area contributed by atoms with Gasteiger partial charge in [0.1, 0.15) is 6.04 Å². The van der Waals surface area contributed by atoms with Crippen molar-refractivity contribution in [2.24, 2.45) is 5.92 Å². The Labute approximate surface area is 131 Å². The predicted octanol–water partition coefficient (Wildman–Crippen LogP) is 1.54.